The van der Waals surface area contributed by atoms with Crippen molar-refractivity contribution in [3.63, 3.8) is 0 Å². The van der Waals surface area contributed by atoms with Gasteiger partial charge in [0.15, 0.2) is 0 Å². The average Bonchev–Trinajstić information content (AvgIpc) is 3.24. The summed E-state index contributed by atoms with van der Waals surface area (Å²) in [6.07, 6.45) is 3.49. The van der Waals surface area contributed by atoms with Crippen molar-refractivity contribution >= 4 is 5.91 Å². The Labute approximate surface area is 108 Å². The van der Waals surface area contributed by atoms with Crippen molar-refractivity contribution in [2.45, 2.75) is 37.3 Å². The summed E-state index contributed by atoms with van der Waals surface area (Å²) in [5.74, 6) is 0.795. The van der Waals surface area contributed by atoms with Crippen molar-refractivity contribution in [2.75, 3.05) is 13.6 Å². The quantitative estimate of drug-likeness (QED) is 0.856. The maximum absolute atomic E-state index is 11.7. The topological polar surface area (TPSA) is 32.3 Å². The zero-order valence-corrected chi connectivity index (χ0v) is 10.8. The first kappa shape index (κ1) is 11.7. The summed E-state index contributed by atoms with van der Waals surface area (Å²) < 4.78 is 0. The van der Waals surface area contributed by atoms with Gasteiger partial charge >= 0.3 is 0 Å². The Balaban J connectivity index is 1.49. The van der Waals surface area contributed by atoms with Crippen LogP contribution in [0.25, 0.3) is 0 Å². The highest BCUT2D eigenvalue weighted by Gasteiger charge is 2.41. The summed E-state index contributed by atoms with van der Waals surface area (Å²) in [7, 11) is 2.06. The van der Waals surface area contributed by atoms with Crippen molar-refractivity contribution in [1.29, 1.82) is 0 Å². The van der Waals surface area contributed by atoms with Gasteiger partial charge < -0.3 is 5.32 Å². The Morgan fingerprint density at radius 2 is 2.06 bits per heavy atom. The van der Waals surface area contributed by atoms with E-state index in [2.05, 4.69) is 41.5 Å². The molecule has 18 heavy (non-hydrogen) atoms. The summed E-state index contributed by atoms with van der Waals surface area (Å²) >= 11 is 0. The molecule has 2 fully saturated rings. The molecule has 1 aromatic rings. The normalized spacial score (nSPS) is 26.1. The van der Waals surface area contributed by atoms with Crippen LogP contribution in [-0.4, -0.2) is 36.5 Å². The SMILES string of the molecule is CN(CC(=O)NC1CC1)C1CC1c1ccccc1. The number of nitrogens with one attached hydrogen (secondary N) is 1. The summed E-state index contributed by atoms with van der Waals surface area (Å²) in [6.45, 7) is 0.532. The lowest BCUT2D eigenvalue weighted by molar-refractivity contribution is -0.122. The lowest BCUT2D eigenvalue weighted by atomic mass is 10.1. The molecular weight excluding hydrogens is 224 g/mol. The van der Waals surface area contributed by atoms with Crippen LogP contribution in [0.3, 0.4) is 0 Å². The van der Waals surface area contributed by atoms with Gasteiger partial charge in [0.25, 0.3) is 0 Å². The van der Waals surface area contributed by atoms with Crippen LogP contribution in [-0.2, 0) is 4.79 Å². The molecule has 0 aliphatic heterocycles. The molecule has 0 saturated heterocycles. The van der Waals surface area contributed by atoms with Crippen LogP contribution < -0.4 is 5.32 Å². The third-order valence-corrected chi connectivity index (χ3v) is 3.89. The number of carbonyl (C=O) groups excluding carboxylic acids is 1. The zero-order chi connectivity index (χ0) is 12.5. The molecule has 3 heteroatoms. The molecule has 0 radical (unpaired) electrons. The van der Waals surface area contributed by atoms with E-state index in [-0.39, 0.29) is 5.91 Å². The third-order valence-electron chi connectivity index (χ3n) is 3.89. The zero-order valence-electron chi connectivity index (χ0n) is 10.8. The van der Waals surface area contributed by atoms with Crippen LogP contribution in [0, 0.1) is 0 Å². The van der Waals surface area contributed by atoms with Crippen molar-refractivity contribution in [1.82, 2.24) is 10.2 Å². The highest BCUT2D eigenvalue weighted by molar-refractivity contribution is 5.78. The van der Waals surface area contributed by atoms with Gasteiger partial charge in [-0.15, -0.1) is 0 Å². The van der Waals surface area contributed by atoms with Gasteiger partial charge in [-0.2, -0.15) is 0 Å². The minimum Gasteiger partial charge on any atom is -0.352 e. The number of carbonyl (C=O) groups is 1. The number of rotatable bonds is 5. The molecule has 2 atom stereocenters. The maximum Gasteiger partial charge on any atom is 0.234 e. The fraction of sp³-hybridized carbons (Fsp3) is 0.533. The lowest BCUT2D eigenvalue weighted by Crippen LogP contribution is -2.37. The molecule has 2 saturated carbocycles. The fourth-order valence-corrected chi connectivity index (χ4v) is 2.57. The molecular formula is C15H20N2O. The van der Waals surface area contributed by atoms with E-state index in [9.17, 15) is 4.79 Å². The van der Waals surface area contributed by atoms with E-state index in [1.807, 2.05) is 6.07 Å². The molecule has 1 aromatic carbocycles. The smallest absolute Gasteiger partial charge is 0.234 e. The van der Waals surface area contributed by atoms with Gasteiger partial charge in [0.05, 0.1) is 6.54 Å². The second-order valence-electron chi connectivity index (χ2n) is 5.58. The van der Waals surface area contributed by atoms with E-state index in [1.165, 1.54) is 12.0 Å². The summed E-state index contributed by atoms with van der Waals surface area (Å²) in [6, 6.07) is 11.6. The fourth-order valence-electron chi connectivity index (χ4n) is 2.57. The molecule has 0 aromatic heterocycles. The molecule has 0 bridgehead atoms. The van der Waals surface area contributed by atoms with Gasteiger partial charge in [-0.3, -0.25) is 9.69 Å². The van der Waals surface area contributed by atoms with Crippen molar-refractivity contribution < 1.29 is 4.79 Å². The van der Waals surface area contributed by atoms with Crippen molar-refractivity contribution in [3.8, 4) is 0 Å². The Morgan fingerprint density at radius 1 is 1.33 bits per heavy atom. The van der Waals surface area contributed by atoms with Gasteiger partial charge in [0, 0.05) is 18.0 Å². The van der Waals surface area contributed by atoms with Crippen LogP contribution in [0.1, 0.15) is 30.7 Å². The first-order valence-electron chi connectivity index (χ1n) is 6.78. The molecule has 2 aliphatic carbocycles. The van der Waals surface area contributed by atoms with E-state index in [1.54, 1.807) is 0 Å². The Kier molecular flexibility index (Phi) is 3.08. The van der Waals surface area contributed by atoms with Crippen LogP contribution in [0.2, 0.25) is 0 Å². The van der Waals surface area contributed by atoms with E-state index >= 15 is 0 Å². The van der Waals surface area contributed by atoms with E-state index in [4.69, 9.17) is 0 Å². The number of likely N-dealkylation sites (N-methyl/N-ethyl adjacent to an activating group) is 1. The molecule has 1 amide bonds. The number of amides is 1. The molecule has 96 valence electrons. The predicted molar refractivity (Wildman–Crippen MR) is 71.4 cm³/mol. The standard InChI is InChI=1S/C15H20N2O/c1-17(10-15(18)16-12-7-8-12)14-9-13(14)11-5-3-2-4-6-11/h2-6,12-14H,7-10H2,1H3,(H,16,18). The van der Waals surface area contributed by atoms with Gasteiger partial charge in [-0.05, 0) is 31.9 Å². The maximum atomic E-state index is 11.7. The minimum atomic E-state index is 0.179. The van der Waals surface area contributed by atoms with E-state index in [0.29, 0.717) is 24.5 Å². The molecule has 0 heterocycles. The van der Waals surface area contributed by atoms with Crippen molar-refractivity contribution in [3.05, 3.63) is 35.9 Å². The Hall–Kier alpha value is -1.35. The Morgan fingerprint density at radius 3 is 2.72 bits per heavy atom. The van der Waals surface area contributed by atoms with Gasteiger partial charge in [-0.25, -0.2) is 0 Å². The highest BCUT2D eigenvalue weighted by Crippen LogP contribution is 2.43. The molecule has 2 unspecified atom stereocenters. The first-order valence-corrected chi connectivity index (χ1v) is 6.78. The summed E-state index contributed by atoms with van der Waals surface area (Å²) in [5.41, 5.74) is 1.40. The monoisotopic (exact) mass is 244 g/mol. The number of benzene rings is 1. The largest absolute Gasteiger partial charge is 0.352 e. The predicted octanol–water partition coefficient (Wildman–Crippen LogP) is 1.75. The number of nitrogens with zero attached hydrogens (tertiary/aromatic N) is 1. The molecule has 2 aliphatic rings. The molecule has 3 rings (SSSR count). The van der Waals surface area contributed by atoms with Gasteiger partial charge in [-0.1, -0.05) is 30.3 Å². The minimum absolute atomic E-state index is 0.179. The van der Waals surface area contributed by atoms with E-state index < -0.39 is 0 Å². The second kappa shape index (κ2) is 4.73. The summed E-state index contributed by atoms with van der Waals surface area (Å²) in [4.78, 5) is 13.9. The molecule has 0 spiro atoms. The second-order valence-corrected chi connectivity index (χ2v) is 5.58. The Bertz CT molecular complexity index is 427. The summed E-state index contributed by atoms with van der Waals surface area (Å²) in [5, 5.41) is 3.04. The van der Waals surface area contributed by atoms with Gasteiger partial charge in [0.1, 0.15) is 0 Å². The number of hydrogen-bond acceptors (Lipinski definition) is 2. The molecule has 3 nitrogen and oxygen atoms in total. The van der Waals surface area contributed by atoms with Crippen LogP contribution >= 0.6 is 0 Å². The molecule has 1 N–H and O–H groups in total. The van der Waals surface area contributed by atoms with Crippen molar-refractivity contribution in [2.24, 2.45) is 0 Å². The average molecular weight is 244 g/mol. The van der Waals surface area contributed by atoms with Gasteiger partial charge in [0.2, 0.25) is 5.91 Å². The van der Waals surface area contributed by atoms with E-state index in [0.717, 1.165) is 12.8 Å². The third kappa shape index (κ3) is 2.72. The highest BCUT2D eigenvalue weighted by atomic mass is 16.2. The van der Waals surface area contributed by atoms with Crippen LogP contribution in [0.4, 0.5) is 0 Å². The number of hydrogen-bond donors (Lipinski definition) is 1. The lowest BCUT2D eigenvalue weighted by Gasteiger charge is -2.16. The first-order chi connectivity index (χ1) is 8.74. The van der Waals surface area contributed by atoms with Crippen LogP contribution in [0.15, 0.2) is 30.3 Å². The van der Waals surface area contributed by atoms with Crippen LogP contribution in [0.5, 0.6) is 0 Å².